The average Bonchev–Trinajstić information content (AvgIpc) is 2.32. The van der Waals surface area contributed by atoms with E-state index in [1.54, 1.807) is 6.20 Å². The fourth-order valence-corrected chi connectivity index (χ4v) is 1.65. The maximum atomic E-state index is 9.02. The van der Waals surface area contributed by atoms with Gasteiger partial charge in [-0.1, -0.05) is 17.7 Å². The molecule has 2 rings (SSSR count). The van der Waals surface area contributed by atoms with E-state index >= 15 is 0 Å². The van der Waals surface area contributed by atoms with Crippen LogP contribution in [0.25, 0.3) is 11.4 Å². The van der Waals surface area contributed by atoms with E-state index in [0.717, 1.165) is 16.7 Å². The van der Waals surface area contributed by atoms with Crippen molar-refractivity contribution in [1.29, 1.82) is 0 Å². The standard InChI is InChI=1S/C13H15N3O/c1-8-3-4-9(2)11(5-8)13-15-6-10(7-17)12(14)16-13/h3-6,17H,7H2,1-2H3,(H2,14,15,16). The van der Waals surface area contributed by atoms with Gasteiger partial charge in [0.15, 0.2) is 5.82 Å². The van der Waals surface area contributed by atoms with Crippen LogP contribution in [0.15, 0.2) is 24.4 Å². The molecule has 0 amide bonds. The first-order chi connectivity index (χ1) is 8.11. The van der Waals surface area contributed by atoms with Gasteiger partial charge >= 0.3 is 0 Å². The molecule has 0 aliphatic heterocycles. The molecule has 0 atom stereocenters. The molecule has 0 aliphatic rings. The lowest BCUT2D eigenvalue weighted by Crippen LogP contribution is -2.02. The van der Waals surface area contributed by atoms with Crippen LogP contribution in [0.1, 0.15) is 16.7 Å². The smallest absolute Gasteiger partial charge is 0.161 e. The molecule has 17 heavy (non-hydrogen) atoms. The predicted molar refractivity (Wildman–Crippen MR) is 67.3 cm³/mol. The zero-order chi connectivity index (χ0) is 12.4. The Morgan fingerprint density at radius 3 is 2.71 bits per heavy atom. The van der Waals surface area contributed by atoms with E-state index in [9.17, 15) is 0 Å². The number of nitrogens with two attached hydrogens (primary N) is 1. The van der Waals surface area contributed by atoms with Gasteiger partial charge < -0.3 is 10.8 Å². The SMILES string of the molecule is Cc1ccc(C)c(-c2ncc(CO)c(N)n2)c1. The van der Waals surface area contributed by atoms with E-state index in [4.69, 9.17) is 10.8 Å². The Balaban J connectivity index is 2.53. The monoisotopic (exact) mass is 229 g/mol. The first-order valence-corrected chi connectivity index (χ1v) is 5.41. The van der Waals surface area contributed by atoms with E-state index in [2.05, 4.69) is 9.97 Å². The second kappa shape index (κ2) is 4.51. The molecule has 3 N–H and O–H groups in total. The van der Waals surface area contributed by atoms with Gasteiger partial charge in [0.05, 0.1) is 6.61 Å². The quantitative estimate of drug-likeness (QED) is 0.824. The first kappa shape index (κ1) is 11.5. The zero-order valence-corrected chi connectivity index (χ0v) is 9.94. The van der Waals surface area contributed by atoms with Gasteiger partial charge in [0, 0.05) is 17.3 Å². The third-order valence-corrected chi connectivity index (χ3v) is 2.70. The molecule has 88 valence electrons. The van der Waals surface area contributed by atoms with Gasteiger partial charge in [0.2, 0.25) is 0 Å². The van der Waals surface area contributed by atoms with Crippen molar-refractivity contribution in [2.45, 2.75) is 20.5 Å². The highest BCUT2D eigenvalue weighted by Gasteiger charge is 2.08. The summed E-state index contributed by atoms with van der Waals surface area (Å²) >= 11 is 0. The molecule has 4 nitrogen and oxygen atoms in total. The number of nitrogen functional groups attached to an aromatic ring is 1. The number of anilines is 1. The highest BCUT2D eigenvalue weighted by Crippen LogP contribution is 2.22. The lowest BCUT2D eigenvalue weighted by molar-refractivity contribution is 0.281. The lowest BCUT2D eigenvalue weighted by Gasteiger charge is -2.08. The molecule has 1 heterocycles. The normalized spacial score (nSPS) is 10.5. The minimum absolute atomic E-state index is 0.140. The molecule has 0 saturated heterocycles. The molecule has 2 aromatic rings. The van der Waals surface area contributed by atoms with Crippen molar-refractivity contribution in [1.82, 2.24) is 9.97 Å². The molecular formula is C13H15N3O. The molecule has 0 saturated carbocycles. The first-order valence-electron chi connectivity index (χ1n) is 5.41. The molecule has 4 heteroatoms. The summed E-state index contributed by atoms with van der Waals surface area (Å²) in [5, 5.41) is 9.02. The number of hydrogen-bond acceptors (Lipinski definition) is 4. The van der Waals surface area contributed by atoms with Crippen LogP contribution >= 0.6 is 0 Å². The molecule has 0 unspecified atom stereocenters. The third kappa shape index (κ3) is 2.26. The summed E-state index contributed by atoms with van der Waals surface area (Å²) in [6, 6.07) is 6.11. The highest BCUT2D eigenvalue weighted by atomic mass is 16.3. The number of aryl methyl sites for hydroxylation is 2. The van der Waals surface area contributed by atoms with Crippen molar-refractivity contribution in [3.05, 3.63) is 41.1 Å². The van der Waals surface area contributed by atoms with Crippen LogP contribution in [0.2, 0.25) is 0 Å². The van der Waals surface area contributed by atoms with Gasteiger partial charge in [-0.25, -0.2) is 9.97 Å². The Bertz CT molecular complexity index is 552. The van der Waals surface area contributed by atoms with Gasteiger partial charge in [0.25, 0.3) is 0 Å². The summed E-state index contributed by atoms with van der Waals surface area (Å²) in [6.07, 6.45) is 1.57. The molecule has 0 fully saturated rings. The van der Waals surface area contributed by atoms with Crippen molar-refractivity contribution >= 4 is 5.82 Å². The van der Waals surface area contributed by atoms with Crippen LogP contribution in [-0.4, -0.2) is 15.1 Å². The summed E-state index contributed by atoms with van der Waals surface area (Å²) in [7, 11) is 0. The Morgan fingerprint density at radius 1 is 1.29 bits per heavy atom. The number of aliphatic hydroxyl groups is 1. The Kier molecular flexibility index (Phi) is 3.06. The van der Waals surface area contributed by atoms with Crippen molar-refractivity contribution in [3.8, 4) is 11.4 Å². The van der Waals surface area contributed by atoms with Crippen LogP contribution in [0, 0.1) is 13.8 Å². The average molecular weight is 229 g/mol. The molecule has 1 aromatic carbocycles. The summed E-state index contributed by atoms with van der Waals surface area (Å²) in [4.78, 5) is 8.45. The van der Waals surface area contributed by atoms with Crippen LogP contribution in [0.3, 0.4) is 0 Å². The summed E-state index contributed by atoms with van der Waals surface area (Å²) < 4.78 is 0. The second-order valence-corrected chi connectivity index (χ2v) is 4.08. The maximum Gasteiger partial charge on any atom is 0.161 e. The molecule has 0 radical (unpaired) electrons. The van der Waals surface area contributed by atoms with Crippen LogP contribution in [0.5, 0.6) is 0 Å². The number of aliphatic hydroxyl groups excluding tert-OH is 1. The van der Waals surface area contributed by atoms with Crippen LogP contribution < -0.4 is 5.73 Å². The zero-order valence-electron chi connectivity index (χ0n) is 9.94. The fraction of sp³-hybridized carbons (Fsp3) is 0.231. The van der Waals surface area contributed by atoms with Gasteiger partial charge in [-0.2, -0.15) is 0 Å². The number of aromatic nitrogens is 2. The molecular weight excluding hydrogens is 214 g/mol. The topological polar surface area (TPSA) is 72.0 Å². The van der Waals surface area contributed by atoms with Crippen LogP contribution in [0.4, 0.5) is 5.82 Å². The maximum absolute atomic E-state index is 9.02. The molecule has 0 aliphatic carbocycles. The lowest BCUT2D eigenvalue weighted by atomic mass is 10.1. The van der Waals surface area contributed by atoms with Crippen molar-refractivity contribution in [2.24, 2.45) is 0 Å². The van der Waals surface area contributed by atoms with Gasteiger partial charge in [0.1, 0.15) is 5.82 Å². The van der Waals surface area contributed by atoms with Crippen LogP contribution in [-0.2, 0) is 6.61 Å². The largest absolute Gasteiger partial charge is 0.391 e. The number of benzene rings is 1. The molecule has 0 spiro atoms. The fourth-order valence-electron chi connectivity index (χ4n) is 1.65. The second-order valence-electron chi connectivity index (χ2n) is 4.08. The van der Waals surface area contributed by atoms with E-state index in [1.807, 2.05) is 32.0 Å². The van der Waals surface area contributed by atoms with Crippen molar-refractivity contribution < 1.29 is 5.11 Å². The highest BCUT2D eigenvalue weighted by molar-refractivity contribution is 5.62. The van der Waals surface area contributed by atoms with E-state index in [-0.39, 0.29) is 6.61 Å². The predicted octanol–water partition coefficient (Wildman–Crippen LogP) is 1.83. The van der Waals surface area contributed by atoms with Gasteiger partial charge in [-0.3, -0.25) is 0 Å². The third-order valence-electron chi connectivity index (χ3n) is 2.70. The molecule has 0 bridgehead atoms. The van der Waals surface area contributed by atoms with Gasteiger partial charge in [-0.15, -0.1) is 0 Å². The van der Waals surface area contributed by atoms with E-state index in [1.165, 1.54) is 0 Å². The van der Waals surface area contributed by atoms with Crippen molar-refractivity contribution in [2.75, 3.05) is 5.73 Å². The minimum atomic E-state index is -0.140. The Hall–Kier alpha value is -1.94. The number of hydrogen-bond donors (Lipinski definition) is 2. The minimum Gasteiger partial charge on any atom is -0.391 e. The summed E-state index contributed by atoms with van der Waals surface area (Å²) in [5.74, 6) is 0.930. The Morgan fingerprint density at radius 2 is 2.06 bits per heavy atom. The Labute approximate surface area is 100 Å². The summed E-state index contributed by atoms with van der Waals surface area (Å²) in [6.45, 7) is 3.89. The van der Waals surface area contributed by atoms with E-state index < -0.39 is 0 Å². The van der Waals surface area contributed by atoms with Gasteiger partial charge in [-0.05, 0) is 25.5 Å². The molecule has 1 aromatic heterocycles. The number of nitrogens with zero attached hydrogens (tertiary/aromatic N) is 2. The van der Waals surface area contributed by atoms with Crippen molar-refractivity contribution in [3.63, 3.8) is 0 Å². The van der Waals surface area contributed by atoms with E-state index in [0.29, 0.717) is 17.2 Å². The number of rotatable bonds is 2. The summed E-state index contributed by atoms with van der Waals surface area (Å²) in [5.41, 5.74) is 9.53.